The summed E-state index contributed by atoms with van der Waals surface area (Å²) in [6, 6.07) is 14.1. The van der Waals surface area contributed by atoms with Gasteiger partial charge >= 0.3 is 0 Å². The van der Waals surface area contributed by atoms with Gasteiger partial charge in [-0.3, -0.25) is 4.79 Å². The number of carbonyl (C=O) groups excluding carboxylic acids is 1. The summed E-state index contributed by atoms with van der Waals surface area (Å²) >= 11 is 0. The molecule has 2 aliphatic heterocycles. The minimum absolute atomic E-state index is 0.0348. The van der Waals surface area contributed by atoms with Gasteiger partial charge in [0.25, 0.3) is 5.91 Å². The summed E-state index contributed by atoms with van der Waals surface area (Å²) in [6.07, 6.45) is 3.29. The molecule has 27 heavy (non-hydrogen) atoms. The summed E-state index contributed by atoms with van der Waals surface area (Å²) < 4.78 is 19.1. The lowest BCUT2D eigenvalue weighted by Crippen LogP contribution is -2.44. The number of aliphatic hydroxyl groups excluding tert-OH is 1. The highest BCUT2D eigenvalue weighted by Gasteiger charge is 2.57. The van der Waals surface area contributed by atoms with E-state index in [-0.39, 0.29) is 35.6 Å². The summed E-state index contributed by atoms with van der Waals surface area (Å²) in [5, 5.41) is 10.3. The van der Waals surface area contributed by atoms with Crippen LogP contribution in [0.4, 0.5) is 4.39 Å². The fraction of sp³-hybridized carbons (Fsp3) is 0.409. The van der Waals surface area contributed by atoms with Crippen LogP contribution in [0, 0.1) is 11.2 Å². The van der Waals surface area contributed by atoms with Crippen LogP contribution in [-0.2, 0) is 6.42 Å². The second kappa shape index (κ2) is 6.97. The zero-order valence-electron chi connectivity index (χ0n) is 15.4. The Bertz CT molecular complexity index is 841. The number of hydrogen-bond acceptors (Lipinski definition) is 3. The van der Waals surface area contributed by atoms with Crippen molar-refractivity contribution in [2.45, 2.75) is 37.8 Å². The number of amides is 1. The Morgan fingerprint density at radius 3 is 2.74 bits per heavy atom. The van der Waals surface area contributed by atoms with Crippen LogP contribution >= 0.6 is 0 Å². The van der Waals surface area contributed by atoms with Crippen molar-refractivity contribution in [2.24, 2.45) is 5.41 Å². The normalized spacial score (nSPS) is 26.4. The molecule has 5 heteroatoms. The monoisotopic (exact) mass is 369 g/mol. The lowest BCUT2D eigenvalue weighted by Gasteiger charge is -2.36. The van der Waals surface area contributed by atoms with Gasteiger partial charge in [-0.05, 0) is 49.4 Å². The van der Waals surface area contributed by atoms with Crippen LogP contribution in [0.15, 0.2) is 48.5 Å². The lowest BCUT2D eigenvalue weighted by atomic mass is 9.70. The predicted octanol–water partition coefficient (Wildman–Crippen LogP) is 3.43. The van der Waals surface area contributed by atoms with Crippen LogP contribution in [0.2, 0.25) is 0 Å². The van der Waals surface area contributed by atoms with Gasteiger partial charge in [-0.15, -0.1) is 0 Å². The molecule has 1 amide bonds. The van der Waals surface area contributed by atoms with Crippen LogP contribution in [-0.4, -0.2) is 41.7 Å². The van der Waals surface area contributed by atoms with E-state index in [0.29, 0.717) is 5.75 Å². The van der Waals surface area contributed by atoms with E-state index in [9.17, 15) is 14.3 Å². The van der Waals surface area contributed by atoms with E-state index in [4.69, 9.17) is 4.74 Å². The molecular weight excluding hydrogens is 345 g/mol. The molecule has 0 unspecified atom stereocenters. The topological polar surface area (TPSA) is 49.8 Å². The number of fused-ring (bicyclic) bond motifs is 2. The summed E-state index contributed by atoms with van der Waals surface area (Å²) in [4.78, 5) is 15.2. The van der Waals surface area contributed by atoms with Crippen LogP contribution in [0.1, 0.15) is 35.2 Å². The van der Waals surface area contributed by atoms with Crippen molar-refractivity contribution >= 4 is 5.91 Å². The van der Waals surface area contributed by atoms with E-state index in [2.05, 4.69) is 12.1 Å². The lowest BCUT2D eigenvalue weighted by molar-refractivity contribution is 0.0568. The van der Waals surface area contributed by atoms with E-state index in [0.717, 1.165) is 31.2 Å². The number of nitrogens with zero attached hydrogens (tertiary/aromatic N) is 1. The molecule has 2 saturated heterocycles. The van der Waals surface area contributed by atoms with Crippen LogP contribution in [0.3, 0.4) is 0 Å². The van der Waals surface area contributed by atoms with Gasteiger partial charge in [0.15, 0.2) is 0 Å². The number of rotatable bonds is 5. The van der Waals surface area contributed by atoms with E-state index < -0.39 is 5.82 Å². The van der Waals surface area contributed by atoms with E-state index in [1.165, 1.54) is 25.3 Å². The Morgan fingerprint density at radius 1 is 1.26 bits per heavy atom. The number of hydrogen-bond donors (Lipinski definition) is 1. The maximum absolute atomic E-state index is 13.8. The molecule has 2 aliphatic rings. The first-order valence-electron chi connectivity index (χ1n) is 9.39. The highest BCUT2D eigenvalue weighted by molar-refractivity contribution is 5.97. The number of methoxy groups -OCH3 is 1. The molecule has 142 valence electrons. The Labute approximate surface area is 158 Å². The van der Waals surface area contributed by atoms with Crippen molar-refractivity contribution < 1.29 is 19.0 Å². The Balaban J connectivity index is 1.66. The molecular formula is C22H24FNO3. The second-order valence-electron chi connectivity index (χ2n) is 7.69. The van der Waals surface area contributed by atoms with E-state index in [1.54, 1.807) is 0 Å². The molecule has 4 nitrogen and oxygen atoms in total. The van der Waals surface area contributed by atoms with Gasteiger partial charge < -0.3 is 14.7 Å². The first-order valence-corrected chi connectivity index (χ1v) is 9.39. The summed E-state index contributed by atoms with van der Waals surface area (Å²) in [5.41, 5.74) is 1.07. The van der Waals surface area contributed by atoms with Gasteiger partial charge in [-0.2, -0.15) is 0 Å². The number of aliphatic hydroxyl groups is 1. The van der Waals surface area contributed by atoms with Crippen molar-refractivity contribution in [2.75, 3.05) is 13.7 Å². The SMILES string of the molecule is COc1ccc(F)cc1C(=O)N1[C@H]2CC[C@@H]1[C@@](CO)(Cc1ccccc1)C2. The third-order valence-electron chi connectivity index (χ3n) is 6.19. The molecule has 1 N–H and O–H groups in total. The Morgan fingerprint density at radius 2 is 2.04 bits per heavy atom. The molecule has 0 radical (unpaired) electrons. The van der Waals surface area contributed by atoms with Gasteiger partial charge in [-0.1, -0.05) is 30.3 Å². The number of ether oxygens (including phenoxy) is 1. The minimum atomic E-state index is -0.455. The molecule has 2 heterocycles. The predicted molar refractivity (Wildman–Crippen MR) is 100 cm³/mol. The molecule has 2 aromatic rings. The standard InChI is InChI=1S/C22H24FNO3/c1-27-19-9-7-16(23)11-18(19)21(26)24-17-8-10-20(24)22(13-17,14-25)12-15-5-3-2-4-6-15/h2-7,9,11,17,20,25H,8,10,12-14H2,1H3/t17-,20+,22-/m0/s1. The zero-order chi connectivity index (χ0) is 19.0. The van der Waals surface area contributed by atoms with Gasteiger partial charge in [0.05, 0.1) is 19.3 Å². The first kappa shape index (κ1) is 18.0. The number of carbonyl (C=O) groups is 1. The maximum atomic E-state index is 13.8. The second-order valence-corrected chi connectivity index (χ2v) is 7.69. The highest BCUT2D eigenvalue weighted by Crippen LogP contribution is 2.52. The molecule has 0 saturated carbocycles. The number of benzene rings is 2. The molecule has 0 aromatic heterocycles. The largest absolute Gasteiger partial charge is 0.496 e. The van der Waals surface area contributed by atoms with Gasteiger partial charge in [-0.25, -0.2) is 4.39 Å². The van der Waals surface area contributed by atoms with E-state index in [1.807, 2.05) is 23.1 Å². The smallest absolute Gasteiger partial charge is 0.258 e. The fourth-order valence-electron chi connectivity index (χ4n) is 5.00. The molecule has 2 aromatic carbocycles. The van der Waals surface area contributed by atoms with Crippen molar-refractivity contribution in [3.05, 3.63) is 65.5 Å². The summed E-state index contributed by atoms with van der Waals surface area (Å²) in [7, 11) is 1.48. The fourth-order valence-corrected chi connectivity index (χ4v) is 5.00. The van der Waals surface area contributed by atoms with Crippen molar-refractivity contribution in [1.29, 1.82) is 0 Å². The summed E-state index contributed by atoms with van der Waals surface area (Å²) in [5.74, 6) is -0.281. The van der Waals surface area contributed by atoms with Crippen molar-refractivity contribution in [3.8, 4) is 5.75 Å². The van der Waals surface area contributed by atoms with Crippen molar-refractivity contribution in [3.63, 3.8) is 0 Å². The Hall–Kier alpha value is -2.40. The third kappa shape index (κ3) is 3.00. The van der Waals surface area contributed by atoms with Crippen molar-refractivity contribution in [1.82, 2.24) is 4.90 Å². The number of halogens is 1. The zero-order valence-corrected chi connectivity index (χ0v) is 15.4. The van der Waals surface area contributed by atoms with Crippen LogP contribution in [0.5, 0.6) is 5.75 Å². The maximum Gasteiger partial charge on any atom is 0.258 e. The molecule has 0 spiro atoms. The van der Waals surface area contributed by atoms with Crippen LogP contribution in [0.25, 0.3) is 0 Å². The third-order valence-corrected chi connectivity index (χ3v) is 6.19. The highest BCUT2D eigenvalue weighted by atomic mass is 19.1. The van der Waals surface area contributed by atoms with Gasteiger partial charge in [0.2, 0.25) is 0 Å². The first-order chi connectivity index (χ1) is 13.1. The molecule has 2 fully saturated rings. The quantitative estimate of drug-likeness (QED) is 0.878. The average Bonchev–Trinajstić information content (AvgIpc) is 3.24. The van der Waals surface area contributed by atoms with Crippen LogP contribution < -0.4 is 4.74 Å². The summed E-state index contributed by atoms with van der Waals surface area (Å²) in [6.45, 7) is 0.0348. The molecule has 0 aliphatic carbocycles. The average molecular weight is 369 g/mol. The minimum Gasteiger partial charge on any atom is -0.496 e. The van der Waals surface area contributed by atoms with Gasteiger partial charge in [0, 0.05) is 17.5 Å². The van der Waals surface area contributed by atoms with E-state index >= 15 is 0 Å². The Kier molecular flexibility index (Phi) is 4.64. The molecule has 3 atom stereocenters. The molecule has 2 bridgehead atoms. The molecule has 4 rings (SSSR count). The van der Waals surface area contributed by atoms with Gasteiger partial charge in [0.1, 0.15) is 11.6 Å².